The third-order valence-electron chi connectivity index (χ3n) is 4.86. The Bertz CT molecular complexity index is 815. The smallest absolute Gasteiger partial charge is 0.128 e. The van der Waals surface area contributed by atoms with E-state index in [-0.39, 0.29) is 29.3 Å². The summed E-state index contributed by atoms with van der Waals surface area (Å²) in [7, 11) is 0. The molecule has 2 aromatic rings. The molecule has 0 unspecified atom stereocenters. The first-order valence-corrected chi connectivity index (χ1v) is 7.68. The van der Waals surface area contributed by atoms with Crippen LogP contribution in [0.4, 0.5) is 10.1 Å². The molecule has 1 aliphatic heterocycles. The number of rotatable bonds is 2. The minimum Gasteiger partial charge on any atom is -0.545 e. The van der Waals surface area contributed by atoms with Crippen LogP contribution in [0.1, 0.15) is 39.9 Å². The molecular weight excluding hydrogens is 293 g/mol. The molecule has 0 radical (unpaired) electrons. The Labute approximate surface area is 133 Å². The summed E-state index contributed by atoms with van der Waals surface area (Å²) in [6, 6.07) is 11.6. The van der Waals surface area contributed by atoms with Gasteiger partial charge in [0.1, 0.15) is 5.82 Å². The Morgan fingerprint density at radius 2 is 1.91 bits per heavy atom. The SMILES string of the molecule is O=C([O-])c1cccc2c1N[C@H](c1ccccc1F)[C@@H]1CC=C[C@H]21. The Kier molecular flexibility index (Phi) is 3.18. The fourth-order valence-corrected chi connectivity index (χ4v) is 3.83. The molecule has 0 amide bonds. The van der Waals surface area contributed by atoms with E-state index in [1.165, 1.54) is 12.1 Å². The number of allylic oxidation sites excluding steroid dienone is 2. The molecule has 1 N–H and O–H groups in total. The van der Waals surface area contributed by atoms with Crippen LogP contribution < -0.4 is 10.4 Å². The van der Waals surface area contributed by atoms with Gasteiger partial charge in [-0.2, -0.15) is 0 Å². The van der Waals surface area contributed by atoms with Crippen molar-refractivity contribution < 1.29 is 14.3 Å². The zero-order valence-corrected chi connectivity index (χ0v) is 12.3. The van der Waals surface area contributed by atoms with Crippen LogP contribution in [-0.4, -0.2) is 5.97 Å². The highest BCUT2D eigenvalue weighted by molar-refractivity contribution is 5.94. The molecule has 23 heavy (non-hydrogen) atoms. The first-order chi connectivity index (χ1) is 11.2. The van der Waals surface area contributed by atoms with Gasteiger partial charge in [-0.15, -0.1) is 0 Å². The number of para-hydroxylation sites is 1. The molecule has 0 fully saturated rings. The topological polar surface area (TPSA) is 52.2 Å². The van der Waals surface area contributed by atoms with Crippen LogP contribution in [0.25, 0.3) is 0 Å². The van der Waals surface area contributed by atoms with E-state index in [4.69, 9.17) is 0 Å². The van der Waals surface area contributed by atoms with Gasteiger partial charge in [-0.25, -0.2) is 4.39 Å². The van der Waals surface area contributed by atoms with Crippen molar-refractivity contribution in [1.82, 2.24) is 0 Å². The van der Waals surface area contributed by atoms with E-state index < -0.39 is 5.97 Å². The Morgan fingerprint density at radius 1 is 1.13 bits per heavy atom. The van der Waals surface area contributed by atoms with Crippen molar-refractivity contribution in [2.45, 2.75) is 18.4 Å². The number of carboxylic acids is 1. The third-order valence-corrected chi connectivity index (χ3v) is 4.86. The van der Waals surface area contributed by atoms with E-state index in [9.17, 15) is 14.3 Å². The van der Waals surface area contributed by atoms with Crippen LogP contribution in [0.3, 0.4) is 0 Å². The molecule has 0 spiro atoms. The van der Waals surface area contributed by atoms with Gasteiger partial charge < -0.3 is 15.2 Å². The number of carboxylic acid groups (broad SMARTS) is 1. The van der Waals surface area contributed by atoms with Gasteiger partial charge in [0.25, 0.3) is 0 Å². The average molecular weight is 308 g/mol. The number of carbonyl (C=O) groups excluding carboxylic acids is 1. The number of benzene rings is 2. The van der Waals surface area contributed by atoms with Gasteiger partial charge in [0.05, 0.1) is 12.0 Å². The maximum Gasteiger partial charge on any atom is 0.128 e. The highest BCUT2D eigenvalue weighted by Crippen LogP contribution is 2.50. The van der Waals surface area contributed by atoms with Crippen molar-refractivity contribution >= 4 is 11.7 Å². The van der Waals surface area contributed by atoms with E-state index >= 15 is 0 Å². The van der Waals surface area contributed by atoms with Gasteiger partial charge in [-0.3, -0.25) is 0 Å². The first kappa shape index (κ1) is 14.0. The molecule has 0 bridgehead atoms. The van der Waals surface area contributed by atoms with Crippen molar-refractivity contribution in [2.24, 2.45) is 5.92 Å². The van der Waals surface area contributed by atoms with Crippen LogP contribution in [0.15, 0.2) is 54.6 Å². The van der Waals surface area contributed by atoms with Gasteiger partial charge in [0, 0.05) is 22.7 Å². The summed E-state index contributed by atoms with van der Waals surface area (Å²) in [5, 5.41) is 14.7. The van der Waals surface area contributed by atoms with Crippen LogP contribution in [0.2, 0.25) is 0 Å². The molecule has 0 saturated carbocycles. The monoisotopic (exact) mass is 308 g/mol. The highest BCUT2D eigenvalue weighted by Gasteiger charge is 2.39. The maximum absolute atomic E-state index is 14.3. The third kappa shape index (κ3) is 2.13. The van der Waals surface area contributed by atoms with E-state index in [0.717, 1.165) is 12.0 Å². The summed E-state index contributed by atoms with van der Waals surface area (Å²) >= 11 is 0. The standard InChI is InChI=1S/C19H16FNO2/c20-16-10-2-1-5-14(16)17-12-7-3-6-11(12)13-8-4-9-15(19(22)23)18(13)21-17/h1-6,8-12,17,21H,7H2,(H,22,23)/p-1/t11-,12+,17-/m0/s1. The molecule has 3 atom stereocenters. The summed E-state index contributed by atoms with van der Waals surface area (Å²) in [6.45, 7) is 0. The molecule has 116 valence electrons. The number of nitrogens with one attached hydrogen (secondary N) is 1. The fraction of sp³-hybridized carbons (Fsp3) is 0.211. The highest BCUT2D eigenvalue weighted by atomic mass is 19.1. The summed E-state index contributed by atoms with van der Waals surface area (Å²) in [5.41, 5.74) is 2.19. The molecule has 3 nitrogen and oxygen atoms in total. The molecule has 4 heteroatoms. The Balaban J connectivity index is 1.87. The van der Waals surface area contributed by atoms with Gasteiger partial charge in [0.2, 0.25) is 0 Å². The Hall–Kier alpha value is -2.62. The summed E-state index contributed by atoms with van der Waals surface area (Å²) in [4.78, 5) is 11.4. The van der Waals surface area contributed by atoms with E-state index in [2.05, 4.69) is 17.5 Å². The van der Waals surface area contributed by atoms with Crippen molar-refractivity contribution in [3.8, 4) is 0 Å². The number of carbonyl (C=O) groups is 1. The molecule has 0 saturated heterocycles. The molecule has 0 aromatic heterocycles. The molecular formula is C19H15FNO2-. The predicted octanol–water partition coefficient (Wildman–Crippen LogP) is 3.02. The van der Waals surface area contributed by atoms with Crippen molar-refractivity contribution in [3.63, 3.8) is 0 Å². The van der Waals surface area contributed by atoms with E-state index in [1.807, 2.05) is 6.07 Å². The van der Waals surface area contributed by atoms with Gasteiger partial charge >= 0.3 is 0 Å². The Morgan fingerprint density at radius 3 is 2.70 bits per heavy atom. The number of anilines is 1. The second kappa shape index (κ2) is 5.23. The number of hydrogen-bond acceptors (Lipinski definition) is 3. The van der Waals surface area contributed by atoms with Crippen molar-refractivity contribution in [2.75, 3.05) is 5.32 Å². The zero-order chi connectivity index (χ0) is 16.0. The molecule has 4 rings (SSSR count). The lowest BCUT2D eigenvalue weighted by atomic mass is 9.76. The first-order valence-electron chi connectivity index (χ1n) is 7.68. The quantitative estimate of drug-likeness (QED) is 0.868. The number of aromatic carboxylic acids is 1. The van der Waals surface area contributed by atoms with Crippen LogP contribution >= 0.6 is 0 Å². The average Bonchev–Trinajstić information content (AvgIpc) is 3.04. The van der Waals surface area contributed by atoms with Gasteiger partial charge in [-0.05, 0) is 24.0 Å². The summed E-state index contributed by atoms with van der Waals surface area (Å²) in [6.07, 6.45) is 5.02. The molecule has 1 heterocycles. The number of hydrogen-bond donors (Lipinski definition) is 1. The second-order valence-electron chi connectivity index (χ2n) is 6.05. The van der Waals surface area contributed by atoms with Crippen molar-refractivity contribution in [1.29, 1.82) is 0 Å². The van der Waals surface area contributed by atoms with Crippen LogP contribution in [0, 0.1) is 11.7 Å². The second-order valence-corrected chi connectivity index (χ2v) is 6.05. The lowest BCUT2D eigenvalue weighted by Gasteiger charge is -2.38. The van der Waals surface area contributed by atoms with Crippen LogP contribution in [-0.2, 0) is 0 Å². The lowest BCUT2D eigenvalue weighted by molar-refractivity contribution is -0.254. The lowest BCUT2D eigenvalue weighted by Crippen LogP contribution is -2.32. The zero-order valence-electron chi connectivity index (χ0n) is 12.3. The maximum atomic E-state index is 14.3. The van der Waals surface area contributed by atoms with Gasteiger partial charge in [-0.1, -0.05) is 48.6 Å². The minimum absolute atomic E-state index is 0.0927. The predicted molar refractivity (Wildman–Crippen MR) is 83.5 cm³/mol. The number of fused-ring (bicyclic) bond motifs is 3. The summed E-state index contributed by atoms with van der Waals surface area (Å²) < 4.78 is 14.3. The number of halogens is 1. The molecule has 2 aromatic carbocycles. The minimum atomic E-state index is -1.22. The van der Waals surface area contributed by atoms with Crippen molar-refractivity contribution in [3.05, 3.63) is 77.1 Å². The fourth-order valence-electron chi connectivity index (χ4n) is 3.83. The van der Waals surface area contributed by atoms with E-state index in [0.29, 0.717) is 11.3 Å². The van der Waals surface area contributed by atoms with Crippen LogP contribution in [0.5, 0.6) is 0 Å². The normalized spacial score (nSPS) is 24.7. The van der Waals surface area contributed by atoms with E-state index in [1.54, 1.807) is 24.3 Å². The largest absolute Gasteiger partial charge is 0.545 e. The molecule has 1 aliphatic carbocycles. The molecule has 2 aliphatic rings. The summed E-state index contributed by atoms with van der Waals surface area (Å²) in [5.74, 6) is -1.22. The van der Waals surface area contributed by atoms with Gasteiger partial charge in [0.15, 0.2) is 0 Å².